The van der Waals surface area contributed by atoms with Gasteiger partial charge in [0.2, 0.25) is 5.91 Å². The van der Waals surface area contributed by atoms with Crippen molar-refractivity contribution in [2.75, 3.05) is 43.9 Å². The molecule has 0 atom stereocenters. The van der Waals surface area contributed by atoms with Crippen molar-refractivity contribution in [3.05, 3.63) is 23.8 Å². The molecular weight excluding hydrogens is 256 g/mol. The molecule has 1 fully saturated rings. The van der Waals surface area contributed by atoms with Crippen LogP contribution in [-0.4, -0.2) is 43.7 Å². The lowest BCUT2D eigenvalue weighted by Crippen LogP contribution is -2.41. The zero-order valence-corrected chi connectivity index (χ0v) is 11.3. The number of amides is 1. The number of benzene rings is 1. The summed E-state index contributed by atoms with van der Waals surface area (Å²) in [5.74, 6) is 0.119. The topological polar surface area (TPSA) is 91.4 Å². The van der Waals surface area contributed by atoms with Crippen LogP contribution in [0.1, 0.15) is 12.0 Å². The van der Waals surface area contributed by atoms with Gasteiger partial charge in [-0.25, -0.2) is 0 Å². The number of nitrogens with one attached hydrogen (secondary N) is 1. The number of carbonyl (C=O) groups excluding carboxylic acids is 1. The van der Waals surface area contributed by atoms with Crippen LogP contribution in [-0.2, 0) is 9.53 Å². The summed E-state index contributed by atoms with van der Waals surface area (Å²) in [6.07, 6.45) is 0.416. The van der Waals surface area contributed by atoms with Crippen molar-refractivity contribution in [2.45, 2.75) is 6.42 Å². The summed E-state index contributed by atoms with van der Waals surface area (Å²) >= 11 is 0. The third-order valence-electron chi connectivity index (χ3n) is 3.20. The van der Waals surface area contributed by atoms with Crippen molar-refractivity contribution in [1.29, 1.82) is 5.26 Å². The Bertz CT molecular complexity index is 518. The molecule has 0 bridgehead atoms. The molecule has 106 valence electrons. The number of anilines is 2. The number of ether oxygens (including phenoxy) is 1. The fourth-order valence-electron chi connectivity index (χ4n) is 2.07. The van der Waals surface area contributed by atoms with E-state index in [9.17, 15) is 4.79 Å². The van der Waals surface area contributed by atoms with E-state index in [2.05, 4.69) is 5.32 Å². The van der Waals surface area contributed by atoms with Gasteiger partial charge in [-0.05, 0) is 18.2 Å². The maximum atomic E-state index is 11.9. The van der Waals surface area contributed by atoms with Crippen molar-refractivity contribution in [1.82, 2.24) is 4.90 Å². The molecule has 1 heterocycles. The van der Waals surface area contributed by atoms with Gasteiger partial charge in [0.1, 0.15) is 0 Å². The number of nitrogens with two attached hydrogens (primary N) is 1. The van der Waals surface area contributed by atoms with Crippen molar-refractivity contribution in [3.8, 4) is 6.07 Å². The van der Waals surface area contributed by atoms with E-state index in [0.717, 1.165) is 5.69 Å². The normalized spacial score (nSPS) is 14.7. The summed E-state index contributed by atoms with van der Waals surface area (Å²) in [5, 5.41) is 11.9. The Labute approximate surface area is 118 Å². The van der Waals surface area contributed by atoms with Gasteiger partial charge >= 0.3 is 0 Å². The molecule has 0 aliphatic carbocycles. The quantitative estimate of drug-likeness (QED) is 0.792. The summed E-state index contributed by atoms with van der Waals surface area (Å²) in [7, 11) is 0. The Hall–Kier alpha value is -2.26. The molecule has 3 N–H and O–H groups in total. The first-order valence-corrected chi connectivity index (χ1v) is 6.59. The molecular formula is C14H18N4O2. The minimum atomic E-state index is 0.119. The lowest BCUT2D eigenvalue weighted by Gasteiger charge is -2.27. The average Bonchev–Trinajstić information content (AvgIpc) is 2.49. The highest BCUT2D eigenvalue weighted by molar-refractivity contribution is 5.77. The number of hydrogen-bond acceptors (Lipinski definition) is 5. The van der Waals surface area contributed by atoms with Crippen molar-refractivity contribution in [2.24, 2.45) is 0 Å². The number of nitriles is 1. The van der Waals surface area contributed by atoms with Crippen molar-refractivity contribution < 1.29 is 9.53 Å². The number of morpholine rings is 1. The Kier molecular flexibility index (Phi) is 4.80. The molecule has 1 aromatic carbocycles. The lowest BCUT2D eigenvalue weighted by atomic mass is 10.2. The predicted molar refractivity (Wildman–Crippen MR) is 76.1 cm³/mol. The second-order valence-corrected chi connectivity index (χ2v) is 4.58. The Balaban J connectivity index is 1.80. The molecule has 0 radical (unpaired) electrons. The van der Waals surface area contributed by atoms with E-state index in [0.29, 0.717) is 50.5 Å². The summed E-state index contributed by atoms with van der Waals surface area (Å²) in [4.78, 5) is 13.7. The standard InChI is InChI=1S/C14H18N4O2/c15-10-11-1-2-13(12(16)9-11)17-4-3-14(19)18-5-7-20-8-6-18/h1-2,9,17H,3-8,16H2. The number of hydrogen-bond donors (Lipinski definition) is 2. The molecule has 0 saturated carbocycles. The predicted octanol–water partition coefficient (Wildman–Crippen LogP) is 0.801. The van der Waals surface area contributed by atoms with Crippen LogP contribution in [0.2, 0.25) is 0 Å². The van der Waals surface area contributed by atoms with E-state index in [1.807, 2.05) is 11.0 Å². The minimum Gasteiger partial charge on any atom is -0.397 e. The van der Waals surface area contributed by atoms with Gasteiger partial charge in [0.05, 0.1) is 36.2 Å². The smallest absolute Gasteiger partial charge is 0.224 e. The van der Waals surface area contributed by atoms with E-state index < -0.39 is 0 Å². The Morgan fingerprint density at radius 1 is 1.45 bits per heavy atom. The van der Waals surface area contributed by atoms with Crippen molar-refractivity contribution in [3.63, 3.8) is 0 Å². The highest BCUT2D eigenvalue weighted by Gasteiger charge is 2.16. The first-order valence-electron chi connectivity index (χ1n) is 6.59. The molecule has 0 aromatic heterocycles. The maximum absolute atomic E-state index is 11.9. The van der Waals surface area contributed by atoms with Gasteiger partial charge in [-0.3, -0.25) is 4.79 Å². The second-order valence-electron chi connectivity index (χ2n) is 4.58. The third kappa shape index (κ3) is 3.62. The zero-order chi connectivity index (χ0) is 14.4. The van der Waals surface area contributed by atoms with E-state index in [1.165, 1.54) is 0 Å². The van der Waals surface area contributed by atoms with Gasteiger partial charge in [0.15, 0.2) is 0 Å². The van der Waals surface area contributed by atoms with Gasteiger partial charge in [0.25, 0.3) is 0 Å². The number of rotatable bonds is 4. The van der Waals surface area contributed by atoms with Crippen molar-refractivity contribution >= 4 is 17.3 Å². The molecule has 0 spiro atoms. The molecule has 1 aromatic rings. The highest BCUT2D eigenvalue weighted by Crippen LogP contribution is 2.19. The summed E-state index contributed by atoms with van der Waals surface area (Å²) in [5.41, 5.74) is 7.62. The fraction of sp³-hybridized carbons (Fsp3) is 0.429. The molecule has 1 aliphatic rings. The first-order chi connectivity index (χ1) is 9.70. The van der Waals surface area contributed by atoms with E-state index in [-0.39, 0.29) is 5.91 Å². The molecule has 0 unspecified atom stereocenters. The SMILES string of the molecule is N#Cc1ccc(NCCC(=O)N2CCOCC2)c(N)c1. The molecule has 6 heteroatoms. The fourth-order valence-corrected chi connectivity index (χ4v) is 2.07. The Morgan fingerprint density at radius 2 is 2.20 bits per heavy atom. The molecule has 20 heavy (non-hydrogen) atoms. The summed E-state index contributed by atoms with van der Waals surface area (Å²) in [6.45, 7) is 3.07. The van der Waals surface area contributed by atoms with Crippen LogP contribution in [0.25, 0.3) is 0 Å². The third-order valence-corrected chi connectivity index (χ3v) is 3.20. The van der Waals surface area contributed by atoms with E-state index in [4.69, 9.17) is 15.7 Å². The zero-order valence-electron chi connectivity index (χ0n) is 11.3. The molecule has 6 nitrogen and oxygen atoms in total. The number of nitrogen functional groups attached to an aromatic ring is 1. The average molecular weight is 274 g/mol. The van der Waals surface area contributed by atoms with Crippen LogP contribution in [0.5, 0.6) is 0 Å². The van der Waals surface area contributed by atoms with Crippen LogP contribution < -0.4 is 11.1 Å². The highest BCUT2D eigenvalue weighted by atomic mass is 16.5. The minimum absolute atomic E-state index is 0.119. The maximum Gasteiger partial charge on any atom is 0.224 e. The lowest BCUT2D eigenvalue weighted by molar-refractivity contribution is -0.134. The van der Waals surface area contributed by atoms with Crippen LogP contribution in [0, 0.1) is 11.3 Å². The molecule has 1 amide bonds. The largest absolute Gasteiger partial charge is 0.397 e. The van der Waals surface area contributed by atoms with Gasteiger partial charge in [0, 0.05) is 26.1 Å². The summed E-state index contributed by atoms with van der Waals surface area (Å²) < 4.78 is 5.21. The van der Waals surface area contributed by atoms with Gasteiger partial charge in [-0.2, -0.15) is 5.26 Å². The van der Waals surface area contributed by atoms with E-state index >= 15 is 0 Å². The molecule has 1 aliphatic heterocycles. The van der Waals surface area contributed by atoms with Crippen LogP contribution in [0.3, 0.4) is 0 Å². The molecule has 1 saturated heterocycles. The number of nitrogens with zero attached hydrogens (tertiary/aromatic N) is 2. The Morgan fingerprint density at radius 3 is 2.85 bits per heavy atom. The van der Waals surface area contributed by atoms with Gasteiger partial charge in [-0.15, -0.1) is 0 Å². The number of carbonyl (C=O) groups is 1. The summed E-state index contributed by atoms with van der Waals surface area (Å²) in [6, 6.07) is 7.10. The molecule has 2 rings (SSSR count). The van der Waals surface area contributed by atoms with E-state index in [1.54, 1.807) is 18.2 Å². The van der Waals surface area contributed by atoms with Crippen LogP contribution in [0.4, 0.5) is 11.4 Å². The first kappa shape index (κ1) is 14.2. The van der Waals surface area contributed by atoms with Crippen LogP contribution in [0.15, 0.2) is 18.2 Å². The monoisotopic (exact) mass is 274 g/mol. The second kappa shape index (κ2) is 6.78. The van der Waals surface area contributed by atoms with Gasteiger partial charge < -0.3 is 20.7 Å². The van der Waals surface area contributed by atoms with Crippen LogP contribution >= 0.6 is 0 Å². The van der Waals surface area contributed by atoms with Gasteiger partial charge in [-0.1, -0.05) is 0 Å².